The molecule has 0 aliphatic heterocycles. The van der Waals surface area contributed by atoms with Crippen molar-refractivity contribution in [3.8, 4) is 11.5 Å². The predicted molar refractivity (Wildman–Crippen MR) is 53.9 cm³/mol. The van der Waals surface area contributed by atoms with Crippen LogP contribution in [0.2, 0.25) is 0 Å². The van der Waals surface area contributed by atoms with Gasteiger partial charge in [-0.25, -0.2) is 4.39 Å². The third-order valence-corrected chi connectivity index (χ3v) is 1.88. The van der Waals surface area contributed by atoms with Crippen LogP contribution in [0.15, 0.2) is 12.1 Å². The van der Waals surface area contributed by atoms with Crippen molar-refractivity contribution in [3.63, 3.8) is 0 Å². The van der Waals surface area contributed by atoms with E-state index < -0.39 is 12.9 Å². The molecule has 2 N–H and O–H groups in total. The lowest BCUT2D eigenvalue weighted by atomic mass is 9.79. The molecular weight excluding hydrogens is 202 g/mol. The minimum Gasteiger partial charge on any atom is -0.497 e. The molecule has 0 amide bonds. The van der Waals surface area contributed by atoms with Gasteiger partial charge in [0.1, 0.15) is 5.75 Å². The van der Waals surface area contributed by atoms with Gasteiger partial charge in [-0.3, -0.25) is 0 Å². The molecule has 0 atom stereocenters. The second-order valence-corrected chi connectivity index (χ2v) is 2.80. The third-order valence-electron chi connectivity index (χ3n) is 1.88. The lowest BCUT2D eigenvalue weighted by Crippen LogP contribution is -2.34. The van der Waals surface area contributed by atoms with Gasteiger partial charge in [-0.1, -0.05) is 0 Å². The molecule has 0 aliphatic rings. The van der Waals surface area contributed by atoms with E-state index in [1.54, 1.807) is 6.92 Å². The van der Waals surface area contributed by atoms with E-state index in [0.717, 1.165) is 0 Å². The lowest BCUT2D eigenvalue weighted by molar-refractivity contribution is 0.319. The number of methoxy groups -OCH3 is 1. The molecule has 0 bridgehead atoms. The van der Waals surface area contributed by atoms with Crippen LogP contribution in [0.1, 0.15) is 6.92 Å². The third kappa shape index (κ3) is 2.40. The monoisotopic (exact) mass is 214 g/mol. The number of ether oxygens (including phenoxy) is 2. The van der Waals surface area contributed by atoms with Crippen LogP contribution in [-0.2, 0) is 0 Å². The van der Waals surface area contributed by atoms with E-state index in [2.05, 4.69) is 0 Å². The van der Waals surface area contributed by atoms with Crippen LogP contribution in [0.3, 0.4) is 0 Å². The number of hydrogen-bond donors (Lipinski definition) is 2. The van der Waals surface area contributed by atoms with Crippen molar-refractivity contribution in [3.05, 3.63) is 17.9 Å². The molecule has 82 valence electrons. The lowest BCUT2D eigenvalue weighted by Gasteiger charge is -2.12. The summed E-state index contributed by atoms with van der Waals surface area (Å²) in [5.41, 5.74) is -0.316. The van der Waals surface area contributed by atoms with Crippen molar-refractivity contribution < 1.29 is 23.9 Å². The Kier molecular flexibility index (Phi) is 3.93. The topological polar surface area (TPSA) is 58.9 Å². The fourth-order valence-electron chi connectivity index (χ4n) is 1.24. The van der Waals surface area contributed by atoms with Crippen LogP contribution < -0.4 is 14.9 Å². The first kappa shape index (κ1) is 11.8. The summed E-state index contributed by atoms with van der Waals surface area (Å²) in [4.78, 5) is 0. The van der Waals surface area contributed by atoms with Crippen molar-refractivity contribution in [1.29, 1.82) is 0 Å². The van der Waals surface area contributed by atoms with Crippen molar-refractivity contribution >= 4 is 12.6 Å². The zero-order valence-electron chi connectivity index (χ0n) is 8.53. The normalized spacial score (nSPS) is 9.93. The van der Waals surface area contributed by atoms with Crippen LogP contribution in [0.25, 0.3) is 0 Å². The molecule has 0 heterocycles. The average molecular weight is 214 g/mol. The smallest absolute Gasteiger partial charge is 0.495 e. The molecule has 0 fully saturated rings. The highest BCUT2D eigenvalue weighted by atomic mass is 19.1. The summed E-state index contributed by atoms with van der Waals surface area (Å²) in [5, 5.41) is 18.0. The van der Waals surface area contributed by atoms with Gasteiger partial charge in [0.2, 0.25) is 0 Å². The Morgan fingerprint density at radius 3 is 2.40 bits per heavy atom. The van der Waals surface area contributed by atoms with Crippen molar-refractivity contribution in [2.45, 2.75) is 6.92 Å². The largest absolute Gasteiger partial charge is 0.497 e. The Balaban J connectivity index is 3.23. The summed E-state index contributed by atoms with van der Waals surface area (Å²) in [5.74, 6) is -0.765. The minimum absolute atomic E-state index is 0.0265. The maximum atomic E-state index is 13.6. The first-order valence-corrected chi connectivity index (χ1v) is 4.47. The molecule has 1 aromatic rings. The number of rotatable bonds is 4. The van der Waals surface area contributed by atoms with Gasteiger partial charge in [0.15, 0.2) is 11.6 Å². The molecule has 6 heteroatoms. The fourth-order valence-corrected chi connectivity index (χ4v) is 1.24. The van der Waals surface area contributed by atoms with Crippen LogP contribution in [0.4, 0.5) is 4.39 Å². The molecule has 0 unspecified atom stereocenters. The summed E-state index contributed by atoms with van der Waals surface area (Å²) in [6.07, 6.45) is 0. The Morgan fingerprint density at radius 2 is 1.93 bits per heavy atom. The molecule has 0 saturated heterocycles. The first-order valence-electron chi connectivity index (χ1n) is 4.47. The van der Waals surface area contributed by atoms with Gasteiger partial charge >= 0.3 is 7.12 Å². The Labute approximate surface area is 87.4 Å². The number of hydrogen-bond acceptors (Lipinski definition) is 4. The average Bonchev–Trinajstić information content (AvgIpc) is 2.20. The van der Waals surface area contributed by atoms with Gasteiger partial charge in [0.05, 0.1) is 19.2 Å². The van der Waals surface area contributed by atoms with Gasteiger partial charge in [-0.15, -0.1) is 0 Å². The van der Waals surface area contributed by atoms with Crippen LogP contribution in [0.5, 0.6) is 11.5 Å². The van der Waals surface area contributed by atoms with E-state index in [-0.39, 0.29) is 17.0 Å². The van der Waals surface area contributed by atoms with Gasteiger partial charge in [0.25, 0.3) is 0 Å². The zero-order chi connectivity index (χ0) is 11.4. The van der Waals surface area contributed by atoms with Gasteiger partial charge in [-0.05, 0) is 19.1 Å². The quantitative estimate of drug-likeness (QED) is 0.687. The van der Waals surface area contributed by atoms with Gasteiger partial charge in [0, 0.05) is 0 Å². The summed E-state index contributed by atoms with van der Waals surface area (Å²) in [6, 6.07) is 2.80. The molecule has 0 aromatic heterocycles. The summed E-state index contributed by atoms with van der Waals surface area (Å²) < 4.78 is 23.4. The van der Waals surface area contributed by atoms with E-state index in [0.29, 0.717) is 6.61 Å². The minimum atomic E-state index is -1.93. The molecule has 0 radical (unpaired) electrons. The van der Waals surface area contributed by atoms with E-state index in [1.807, 2.05) is 0 Å². The molecule has 1 aromatic carbocycles. The molecule has 0 saturated carbocycles. The van der Waals surface area contributed by atoms with Gasteiger partial charge in [-0.2, -0.15) is 0 Å². The Morgan fingerprint density at radius 1 is 1.33 bits per heavy atom. The first-order chi connectivity index (χ1) is 7.11. The summed E-state index contributed by atoms with van der Waals surface area (Å²) in [6.45, 7) is 2.00. The predicted octanol–water partition coefficient (Wildman–Crippen LogP) is -0.0872. The fraction of sp³-hybridized carbons (Fsp3) is 0.333. The van der Waals surface area contributed by atoms with Crippen molar-refractivity contribution in [2.75, 3.05) is 13.7 Å². The Bertz CT molecular complexity index is 343. The zero-order valence-corrected chi connectivity index (χ0v) is 8.53. The van der Waals surface area contributed by atoms with E-state index >= 15 is 0 Å². The number of halogens is 1. The maximum absolute atomic E-state index is 13.6. The molecule has 0 spiro atoms. The summed E-state index contributed by atoms with van der Waals surface area (Å²) >= 11 is 0. The van der Waals surface area contributed by atoms with Crippen LogP contribution in [0, 0.1) is 5.82 Å². The van der Waals surface area contributed by atoms with Crippen LogP contribution in [-0.4, -0.2) is 30.9 Å². The SMILES string of the molecule is CCOc1ccc(OC)c(B(O)O)c1F. The highest BCUT2D eigenvalue weighted by Gasteiger charge is 2.24. The standard InChI is InChI=1S/C9H12BFO4/c1-3-15-7-5-4-6(14-2)8(9(7)11)10(12)13/h4-5,12-13H,3H2,1-2H3. The second kappa shape index (κ2) is 5.00. The highest BCUT2D eigenvalue weighted by molar-refractivity contribution is 6.60. The van der Waals surface area contributed by atoms with E-state index in [9.17, 15) is 4.39 Å². The Hall–Kier alpha value is -1.27. The summed E-state index contributed by atoms with van der Waals surface area (Å²) in [7, 11) is -0.610. The van der Waals surface area contributed by atoms with Crippen molar-refractivity contribution in [2.24, 2.45) is 0 Å². The number of benzene rings is 1. The molecule has 1 rings (SSSR count). The van der Waals surface area contributed by atoms with Crippen molar-refractivity contribution in [1.82, 2.24) is 0 Å². The molecule has 0 aliphatic carbocycles. The van der Waals surface area contributed by atoms with Gasteiger partial charge < -0.3 is 19.5 Å². The second-order valence-electron chi connectivity index (χ2n) is 2.80. The molecule has 15 heavy (non-hydrogen) atoms. The van der Waals surface area contributed by atoms with E-state index in [4.69, 9.17) is 19.5 Å². The molecular formula is C9H12BFO4. The molecule has 4 nitrogen and oxygen atoms in total. The van der Waals surface area contributed by atoms with E-state index in [1.165, 1.54) is 19.2 Å². The maximum Gasteiger partial charge on any atom is 0.495 e. The highest BCUT2D eigenvalue weighted by Crippen LogP contribution is 2.20. The van der Waals surface area contributed by atoms with Crippen LogP contribution >= 0.6 is 0 Å².